The molecule has 0 saturated carbocycles. The van der Waals surface area contributed by atoms with Crippen LogP contribution in [0.3, 0.4) is 0 Å². The molecule has 1 saturated heterocycles. The van der Waals surface area contributed by atoms with Crippen molar-refractivity contribution < 1.29 is 46.8 Å². The summed E-state index contributed by atoms with van der Waals surface area (Å²) in [4.78, 5) is 41.1. The average Bonchev–Trinajstić information content (AvgIpc) is 2.84. The topological polar surface area (TPSA) is 123 Å². The quantitative estimate of drug-likeness (QED) is 0.208. The Labute approximate surface area is 247 Å². The number of rotatable bonds is 11. The van der Waals surface area contributed by atoms with E-state index in [1.54, 1.807) is 60.6 Å². The highest BCUT2D eigenvalue weighted by molar-refractivity contribution is 7.62. The first-order valence-corrected chi connectivity index (χ1v) is 15.9. The fourth-order valence-corrected chi connectivity index (χ4v) is 7.72. The van der Waals surface area contributed by atoms with Crippen molar-refractivity contribution in [2.24, 2.45) is 0 Å². The van der Waals surface area contributed by atoms with E-state index in [-0.39, 0.29) is 57.2 Å². The molecule has 1 N–H and O–H groups in total. The van der Waals surface area contributed by atoms with Gasteiger partial charge >= 0.3 is 18.2 Å². The Kier molecular flexibility index (Phi) is 12.1. The number of unbranched alkanes of at least 4 members (excludes halogenated alkanes) is 1. The maximum atomic E-state index is 14.0. The third-order valence-electron chi connectivity index (χ3n) is 6.67. The van der Waals surface area contributed by atoms with E-state index in [0.717, 1.165) is 10.5 Å². The van der Waals surface area contributed by atoms with Crippen molar-refractivity contribution >= 4 is 25.5 Å². The number of carboxylic acid groups (broad SMARTS) is 1. The van der Waals surface area contributed by atoms with Gasteiger partial charge in [0.2, 0.25) is 7.37 Å². The smallest absolute Gasteiger partial charge is 0.419 e. The maximum Gasteiger partial charge on any atom is 0.419 e. The molecule has 238 valence electrons. The van der Waals surface area contributed by atoms with E-state index in [2.05, 4.69) is 0 Å². The number of carboxylic acids is 1. The molecule has 42 heavy (non-hydrogen) atoms. The number of aliphatic carboxylic acids is 1. The van der Waals surface area contributed by atoms with E-state index in [4.69, 9.17) is 14.0 Å². The van der Waals surface area contributed by atoms with Crippen molar-refractivity contribution in [3.63, 3.8) is 0 Å². The zero-order chi connectivity index (χ0) is 31.9. The summed E-state index contributed by atoms with van der Waals surface area (Å²) < 4.78 is 56.4. The van der Waals surface area contributed by atoms with Gasteiger partial charge in [-0.05, 0) is 73.3 Å². The molecule has 0 aromatic heterocycles. The van der Waals surface area contributed by atoms with Crippen LogP contribution in [0.4, 0.5) is 18.4 Å². The number of carbonyl (C=O) groups excluding carboxylic acids is 2. The number of benzene rings is 1. The molecule has 1 aliphatic rings. The lowest BCUT2D eigenvalue weighted by Gasteiger charge is -2.45. The van der Waals surface area contributed by atoms with Crippen molar-refractivity contribution in [2.45, 2.75) is 97.1 Å². The lowest BCUT2D eigenvalue weighted by Crippen LogP contribution is -2.54. The molecule has 0 bridgehead atoms. The van der Waals surface area contributed by atoms with Crippen LogP contribution >= 0.6 is 7.37 Å². The molecule has 1 fully saturated rings. The summed E-state index contributed by atoms with van der Waals surface area (Å²) in [5.74, 6) is -1.26. The summed E-state index contributed by atoms with van der Waals surface area (Å²) in [7, 11) is -3.67. The molecule has 2 atom stereocenters. The normalized spacial score (nSPS) is 21.7. The zero-order valence-corrected chi connectivity index (χ0v) is 26.5. The molecule has 0 aliphatic carbocycles. The van der Waals surface area contributed by atoms with Crippen LogP contribution in [0.15, 0.2) is 24.3 Å². The number of carbonyl (C=O) groups is 3. The van der Waals surface area contributed by atoms with E-state index in [1.807, 2.05) is 4.90 Å². The van der Waals surface area contributed by atoms with Gasteiger partial charge in [-0.25, -0.2) is 23.3 Å². The monoisotopic (exact) mass is 618 g/mol. The summed E-state index contributed by atoms with van der Waals surface area (Å²) in [5.41, 5.74) is -1.11. The highest BCUT2D eigenvalue weighted by Crippen LogP contribution is 2.63. The van der Waals surface area contributed by atoms with E-state index < -0.39 is 48.3 Å². The summed E-state index contributed by atoms with van der Waals surface area (Å²) >= 11 is 0. The summed E-state index contributed by atoms with van der Waals surface area (Å²) in [6, 6.07) is 5.81. The fraction of sp³-hybridized carbons (Fsp3) is 0.690. The van der Waals surface area contributed by atoms with Gasteiger partial charge in [0.05, 0.1) is 6.61 Å². The molecule has 1 aromatic carbocycles. The molecule has 1 aliphatic heterocycles. The molecule has 0 spiro atoms. The molecule has 13 heteroatoms. The SMILES string of the molecule is CCOP1(=O)CCN(Cc2ccc(C(F)F)cc2)CC1(CCCCN(C(=O)OC(C)(C)C)C(=O)OC(C)(C)C)C(=O)O. The zero-order valence-electron chi connectivity index (χ0n) is 25.7. The number of halogens is 2. The Bertz CT molecular complexity index is 1110. The predicted octanol–water partition coefficient (Wildman–Crippen LogP) is 6.92. The van der Waals surface area contributed by atoms with Crippen LogP contribution in [0, 0.1) is 0 Å². The number of hydrogen-bond acceptors (Lipinski definition) is 8. The van der Waals surface area contributed by atoms with Gasteiger partial charge in [-0.1, -0.05) is 24.3 Å². The van der Waals surface area contributed by atoms with Gasteiger partial charge < -0.3 is 19.1 Å². The van der Waals surface area contributed by atoms with E-state index in [0.29, 0.717) is 6.54 Å². The van der Waals surface area contributed by atoms with Crippen LogP contribution in [0.2, 0.25) is 0 Å². The Balaban J connectivity index is 2.23. The third kappa shape index (κ3) is 9.74. The Morgan fingerprint density at radius 2 is 1.57 bits per heavy atom. The van der Waals surface area contributed by atoms with Gasteiger partial charge in [-0.15, -0.1) is 0 Å². The molecule has 1 aromatic rings. The number of alkyl halides is 2. The second kappa shape index (κ2) is 14.3. The van der Waals surface area contributed by atoms with Crippen LogP contribution in [-0.2, 0) is 29.9 Å². The second-order valence-corrected chi connectivity index (χ2v) is 15.4. The number of imide groups is 1. The third-order valence-corrected chi connectivity index (χ3v) is 10.00. The first-order chi connectivity index (χ1) is 19.3. The lowest BCUT2D eigenvalue weighted by molar-refractivity contribution is -0.141. The highest BCUT2D eigenvalue weighted by Gasteiger charge is 2.58. The largest absolute Gasteiger partial charge is 0.480 e. The lowest BCUT2D eigenvalue weighted by atomic mass is 9.99. The molecular formula is C29H45F2N2O8P. The average molecular weight is 619 g/mol. The molecule has 1 heterocycles. The van der Waals surface area contributed by atoms with E-state index >= 15 is 0 Å². The minimum Gasteiger partial charge on any atom is -0.480 e. The van der Waals surface area contributed by atoms with Crippen LogP contribution in [0.25, 0.3) is 0 Å². The number of amides is 2. The summed E-state index contributed by atoms with van der Waals surface area (Å²) in [5, 5.41) is 8.72. The van der Waals surface area contributed by atoms with Gasteiger partial charge in [-0.3, -0.25) is 14.3 Å². The van der Waals surface area contributed by atoms with E-state index in [9.17, 15) is 32.8 Å². The van der Waals surface area contributed by atoms with Crippen LogP contribution in [0.1, 0.15) is 85.3 Å². The van der Waals surface area contributed by atoms with Gasteiger partial charge in [0, 0.05) is 37.9 Å². The molecule has 2 rings (SSSR count). The molecule has 2 amide bonds. The predicted molar refractivity (Wildman–Crippen MR) is 154 cm³/mol. The first kappa shape index (κ1) is 35.6. The molecule has 0 radical (unpaired) electrons. The standard InChI is InChI=1S/C29H45F2N2O8P/c1-8-39-42(38)18-17-32(19-21-11-13-22(14-12-21)23(30)31)20-29(42,24(34)35)15-9-10-16-33(25(36)40-27(2,3)4)26(37)41-28(5,6)7/h11-14,23H,8-10,15-20H2,1-7H3,(H,34,35). The Morgan fingerprint density at radius 1 is 1.02 bits per heavy atom. The number of hydrogen-bond donors (Lipinski definition) is 1. The van der Waals surface area contributed by atoms with Crippen molar-refractivity contribution in [1.29, 1.82) is 0 Å². The van der Waals surface area contributed by atoms with Crippen molar-refractivity contribution in [3.8, 4) is 0 Å². The van der Waals surface area contributed by atoms with Gasteiger partial charge in [-0.2, -0.15) is 0 Å². The molecular weight excluding hydrogens is 573 g/mol. The van der Waals surface area contributed by atoms with Crippen molar-refractivity contribution in [2.75, 3.05) is 32.4 Å². The minimum absolute atomic E-state index is 0.0181. The van der Waals surface area contributed by atoms with Gasteiger partial charge in [0.15, 0.2) is 5.16 Å². The number of ether oxygens (including phenoxy) is 2. The first-order valence-electron chi connectivity index (χ1n) is 14.1. The van der Waals surface area contributed by atoms with Crippen LogP contribution < -0.4 is 0 Å². The highest BCUT2D eigenvalue weighted by atomic mass is 31.2. The molecule has 10 nitrogen and oxygen atoms in total. The fourth-order valence-electron chi connectivity index (χ4n) is 4.75. The Hall–Kier alpha value is -2.56. The molecule has 2 unspecified atom stereocenters. The van der Waals surface area contributed by atoms with Gasteiger partial charge in [0.25, 0.3) is 6.43 Å². The Morgan fingerprint density at radius 3 is 2.02 bits per heavy atom. The maximum absolute atomic E-state index is 14.0. The van der Waals surface area contributed by atoms with Crippen LogP contribution in [-0.4, -0.2) is 81.8 Å². The number of nitrogens with zero attached hydrogens (tertiary/aromatic N) is 2. The van der Waals surface area contributed by atoms with Crippen molar-refractivity contribution in [3.05, 3.63) is 35.4 Å². The summed E-state index contributed by atoms with van der Waals surface area (Å²) in [6.07, 6.45) is -3.96. The van der Waals surface area contributed by atoms with Gasteiger partial charge in [0.1, 0.15) is 11.2 Å². The van der Waals surface area contributed by atoms with E-state index in [1.165, 1.54) is 12.1 Å². The minimum atomic E-state index is -3.67. The van der Waals surface area contributed by atoms with Crippen LogP contribution in [0.5, 0.6) is 0 Å². The summed E-state index contributed by atoms with van der Waals surface area (Å²) in [6.45, 7) is 12.2. The van der Waals surface area contributed by atoms with Crippen molar-refractivity contribution in [1.82, 2.24) is 9.80 Å². The second-order valence-electron chi connectivity index (χ2n) is 12.5.